The second-order valence-electron chi connectivity index (χ2n) is 11.5. The van der Waals surface area contributed by atoms with E-state index in [4.69, 9.17) is 9.47 Å². The highest BCUT2D eigenvalue weighted by Crippen LogP contribution is 2.65. The zero-order chi connectivity index (χ0) is 23.4. The number of esters is 2. The fourth-order valence-electron chi connectivity index (χ4n) is 8.15. The molecule has 4 saturated carbocycles. The maximum absolute atomic E-state index is 13.6. The van der Waals surface area contributed by atoms with Crippen molar-refractivity contribution >= 4 is 17.7 Å². The van der Waals surface area contributed by atoms with Crippen molar-refractivity contribution in [2.24, 2.45) is 34.5 Å². The largest absolute Gasteiger partial charge is 0.463 e. The quantitative estimate of drug-likeness (QED) is 0.577. The SMILES string of the molecule is CC(=O)O[C@H]1CC[C@@]2(C)[C@@H](CC(=O)[C@@H]3[C@@H]2CC[C@]2(C)[C@@H](OC(=O)c4ccccc4)CC[C@@H]32)C1. The molecule has 0 aliphatic heterocycles. The molecule has 1 aromatic carbocycles. The maximum atomic E-state index is 13.6. The fraction of sp³-hybridized carbons (Fsp3) is 0.679. The number of benzene rings is 1. The van der Waals surface area contributed by atoms with Gasteiger partial charge in [-0.1, -0.05) is 32.0 Å². The number of carbonyl (C=O) groups is 3. The first-order valence-electron chi connectivity index (χ1n) is 12.7. The highest BCUT2D eigenvalue weighted by Gasteiger charge is 2.63. The van der Waals surface area contributed by atoms with Crippen molar-refractivity contribution in [2.45, 2.75) is 84.3 Å². The molecule has 33 heavy (non-hydrogen) atoms. The van der Waals surface area contributed by atoms with E-state index in [9.17, 15) is 14.4 Å². The van der Waals surface area contributed by atoms with Gasteiger partial charge in [0.2, 0.25) is 0 Å². The van der Waals surface area contributed by atoms with E-state index in [1.165, 1.54) is 6.92 Å². The molecule has 0 heterocycles. The Bertz CT molecular complexity index is 941. The van der Waals surface area contributed by atoms with Gasteiger partial charge in [-0.15, -0.1) is 0 Å². The number of fused-ring (bicyclic) bond motifs is 5. The first kappa shape index (κ1) is 22.6. The summed E-state index contributed by atoms with van der Waals surface area (Å²) in [6, 6.07) is 9.20. The first-order chi connectivity index (χ1) is 15.7. The molecule has 0 radical (unpaired) electrons. The van der Waals surface area contributed by atoms with Crippen LogP contribution in [0.3, 0.4) is 0 Å². The van der Waals surface area contributed by atoms with Crippen LogP contribution in [0.5, 0.6) is 0 Å². The number of ketones is 1. The summed E-state index contributed by atoms with van der Waals surface area (Å²) in [6.07, 6.45) is 6.92. The Kier molecular flexibility index (Phi) is 5.65. The van der Waals surface area contributed by atoms with Gasteiger partial charge in [0.1, 0.15) is 18.0 Å². The molecule has 0 saturated heterocycles. The van der Waals surface area contributed by atoms with E-state index in [-0.39, 0.29) is 46.8 Å². The minimum Gasteiger partial charge on any atom is -0.463 e. The number of rotatable bonds is 3. The fourth-order valence-corrected chi connectivity index (χ4v) is 8.15. The van der Waals surface area contributed by atoms with Crippen LogP contribution in [0.25, 0.3) is 0 Å². The zero-order valence-corrected chi connectivity index (χ0v) is 20.0. The first-order valence-corrected chi connectivity index (χ1v) is 12.7. The molecule has 0 amide bonds. The van der Waals surface area contributed by atoms with E-state index in [1.807, 2.05) is 18.2 Å². The molecule has 0 bridgehead atoms. The van der Waals surface area contributed by atoms with Crippen LogP contribution in [0.15, 0.2) is 30.3 Å². The van der Waals surface area contributed by atoms with Crippen molar-refractivity contribution in [3.8, 4) is 0 Å². The van der Waals surface area contributed by atoms with Gasteiger partial charge in [0.25, 0.3) is 0 Å². The van der Waals surface area contributed by atoms with Crippen LogP contribution in [0.1, 0.15) is 82.5 Å². The van der Waals surface area contributed by atoms with Crippen LogP contribution in [-0.2, 0) is 19.1 Å². The van der Waals surface area contributed by atoms with Crippen molar-refractivity contribution in [1.29, 1.82) is 0 Å². The molecular weight excluding hydrogens is 416 g/mol. The molecule has 0 spiro atoms. The van der Waals surface area contributed by atoms with Crippen molar-refractivity contribution in [1.82, 2.24) is 0 Å². The van der Waals surface area contributed by atoms with Crippen molar-refractivity contribution in [3.05, 3.63) is 35.9 Å². The Hall–Kier alpha value is -2.17. The van der Waals surface area contributed by atoms with Crippen molar-refractivity contribution in [3.63, 3.8) is 0 Å². The molecule has 178 valence electrons. The summed E-state index contributed by atoms with van der Waals surface area (Å²) in [4.78, 5) is 37.8. The standard InChI is InChI=1S/C28H36O5/c1-17(29)32-20-11-13-27(2)19(15-20)16-23(30)25-21-9-10-24(28(21,3)14-12-22(25)27)33-26(31)18-7-5-4-6-8-18/h4-8,19-22,24-25H,9-16H2,1-3H3/t19-,20+,21+,22+,24+,25+,27+,28+/m1/s1. The van der Waals surface area contributed by atoms with Crippen LogP contribution in [-0.4, -0.2) is 29.9 Å². The molecule has 4 fully saturated rings. The number of hydrogen-bond acceptors (Lipinski definition) is 5. The van der Waals surface area contributed by atoms with Crippen LogP contribution < -0.4 is 0 Å². The molecular formula is C28H36O5. The summed E-state index contributed by atoms with van der Waals surface area (Å²) >= 11 is 0. The molecule has 1 aromatic rings. The van der Waals surface area contributed by atoms with Gasteiger partial charge in [-0.25, -0.2) is 4.79 Å². The summed E-state index contributed by atoms with van der Waals surface area (Å²) < 4.78 is 11.6. The summed E-state index contributed by atoms with van der Waals surface area (Å²) in [5.74, 6) is 0.925. The van der Waals surface area contributed by atoms with Crippen molar-refractivity contribution < 1.29 is 23.9 Å². The van der Waals surface area contributed by atoms with Gasteiger partial charge >= 0.3 is 11.9 Å². The molecule has 0 unspecified atom stereocenters. The monoisotopic (exact) mass is 452 g/mol. The normalized spacial score (nSPS) is 42.0. The molecule has 0 aromatic heterocycles. The number of ether oxygens (including phenoxy) is 2. The van der Waals surface area contributed by atoms with Gasteiger partial charge in [0, 0.05) is 24.7 Å². The van der Waals surface area contributed by atoms with Gasteiger partial charge < -0.3 is 9.47 Å². The predicted molar refractivity (Wildman–Crippen MR) is 123 cm³/mol. The predicted octanol–water partition coefficient (Wildman–Crippen LogP) is 5.37. The van der Waals surface area contributed by atoms with E-state index < -0.39 is 0 Å². The molecule has 5 heteroatoms. The average molecular weight is 453 g/mol. The number of Topliss-reactive ketones (excluding diaryl/α,β-unsaturated/α-hetero) is 1. The molecule has 0 N–H and O–H groups in total. The van der Waals surface area contributed by atoms with E-state index >= 15 is 0 Å². The smallest absolute Gasteiger partial charge is 0.338 e. The Balaban J connectivity index is 1.34. The second-order valence-corrected chi connectivity index (χ2v) is 11.5. The lowest BCUT2D eigenvalue weighted by Crippen LogP contribution is -2.58. The summed E-state index contributed by atoms with van der Waals surface area (Å²) in [7, 11) is 0. The van der Waals surface area contributed by atoms with Crippen LogP contribution in [0.2, 0.25) is 0 Å². The molecule has 5 nitrogen and oxygen atoms in total. The average Bonchev–Trinajstić information content (AvgIpc) is 3.11. The summed E-state index contributed by atoms with van der Waals surface area (Å²) in [5, 5.41) is 0. The molecule has 4 aliphatic rings. The summed E-state index contributed by atoms with van der Waals surface area (Å²) in [6.45, 7) is 6.11. The highest BCUT2D eigenvalue weighted by molar-refractivity contribution is 5.89. The Morgan fingerprint density at radius 2 is 1.61 bits per heavy atom. The van der Waals surface area contributed by atoms with Crippen LogP contribution in [0.4, 0.5) is 0 Å². The van der Waals surface area contributed by atoms with Gasteiger partial charge in [-0.2, -0.15) is 0 Å². The molecule has 8 atom stereocenters. The van der Waals surface area contributed by atoms with Gasteiger partial charge in [0.15, 0.2) is 0 Å². The lowest BCUT2D eigenvalue weighted by Gasteiger charge is -2.59. The van der Waals surface area contributed by atoms with Gasteiger partial charge in [-0.05, 0) is 80.2 Å². The molecule has 4 aliphatic carbocycles. The van der Waals surface area contributed by atoms with Crippen LogP contribution >= 0.6 is 0 Å². The number of hydrogen-bond donors (Lipinski definition) is 0. The minimum atomic E-state index is -0.254. The lowest BCUT2D eigenvalue weighted by molar-refractivity contribution is -0.168. The van der Waals surface area contributed by atoms with E-state index in [2.05, 4.69) is 13.8 Å². The third-order valence-corrected chi connectivity index (χ3v) is 9.93. The number of carbonyl (C=O) groups excluding carboxylic acids is 3. The summed E-state index contributed by atoms with van der Waals surface area (Å²) in [5.41, 5.74) is 0.571. The van der Waals surface area contributed by atoms with Gasteiger partial charge in [-0.3, -0.25) is 9.59 Å². The van der Waals surface area contributed by atoms with E-state index in [1.54, 1.807) is 12.1 Å². The van der Waals surface area contributed by atoms with E-state index in [0.29, 0.717) is 29.6 Å². The van der Waals surface area contributed by atoms with Crippen LogP contribution in [0, 0.1) is 34.5 Å². The third kappa shape index (κ3) is 3.72. The maximum Gasteiger partial charge on any atom is 0.338 e. The van der Waals surface area contributed by atoms with Gasteiger partial charge in [0.05, 0.1) is 5.56 Å². The minimum absolute atomic E-state index is 0.0490. The molecule has 5 rings (SSSR count). The zero-order valence-electron chi connectivity index (χ0n) is 20.0. The topological polar surface area (TPSA) is 69.7 Å². The lowest BCUT2D eigenvalue weighted by atomic mass is 9.45. The Morgan fingerprint density at radius 3 is 2.33 bits per heavy atom. The second kappa shape index (κ2) is 8.25. The third-order valence-electron chi connectivity index (χ3n) is 9.93. The van der Waals surface area contributed by atoms with Crippen molar-refractivity contribution in [2.75, 3.05) is 0 Å². The van der Waals surface area contributed by atoms with E-state index in [0.717, 1.165) is 44.9 Å². The highest BCUT2D eigenvalue weighted by atomic mass is 16.5. The Morgan fingerprint density at radius 1 is 0.909 bits per heavy atom. The Labute approximate surface area is 196 Å².